The fraction of sp³-hybridized carbons (Fsp3) is 0.500. The molecule has 2 aromatic heterocycles. The van der Waals surface area contributed by atoms with Gasteiger partial charge < -0.3 is 15.1 Å². The van der Waals surface area contributed by atoms with Gasteiger partial charge in [-0.15, -0.1) is 0 Å². The number of amides is 2. The Hall–Kier alpha value is -3.78. The van der Waals surface area contributed by atoms with Crippen molar-refractivity contribution in [1.82, 2.24) is 34.5 Å². The van der Waals surface area contributed by atoms with Crippen molar-refractivity contribution >= 4 is 27.6 Å². The van der Waals surface area contributed by atoms with Gasteiger partial charge in [0.05, 0.1) is 18.8 Å². The number of anilines is 2. The van der Waals surface area contributed by atoms with E-state index in [0.717, 1.165) is 47.9 Å². The number of nitrogens with one attached hydrogen (secondary N) is 2. The zero-order valence-electron chi connectivity index (χ0n) is 25.0. The smallest absolute Gasteiger partial charge is 0.317 e. The Bertz CT molecular complexity index is 1680. The summed E-state index contributed by atoms with van der Waals surface area (Å²) in [5.74, 6) is 0.693. The third-order valence-corrected chi connectivity index (χ3v) is 10.1. The summed E-state index contributed by atoms with van der Waals surface area (Å²) in [4.78, 5) is 16.5. The molecule has 2 aliphatic heterocycles. The van der Waals surface area contributed by atoms with E-state index >= 15 is 0 Å². The highest BCUT2D eigenvalue weighted by molar-refractivity contribution is 7.92. The average molecular weight is 629 g/mol. The number of halogens is 2. The Morgan fingerprint density at radius 3 is 2.59 bits per heavy atom. The van der Waals surface area contributed by atoms with Gasteiger partial charge >= 0.3 is 6.03 Å². The molecule has 0 unspecified atom stereocenters. The lowest BCUT2D eigenvalue weighted by Gasteiger charge is -2.33. The number of sulfonamides is 1. The topological polar surface area (TPSA) is 117 Å². The molecule has 14 heteroatoms. The lowest BCUT2D eigenvalue weighted by atomic mass is 9.91. The van der Waals surface area contributed by atoms with E-state index in [9.17, 15) is 22.0 Å². The molecule has 0 bridgehead atoms. The lowest BCUT2D eigenvalue weighted by Crippen LogP contribution is -2.42. The number of urea groups is 1. The number of carbonyl (C=O) groups is 1. The summed E-state index contributed by atoms with van der Waals surface area (Å²) in [5, 5.41) is 13.0. The van der Waals surface area contributed by atoms with Gasteiger partial charge in [0.25, 0.3) is 6.43 Å². The molecule has 236 valence electrons. The van der Waals surface area contributed by atoms with Crippen LogP contribution >= 0.6 is 0 Å². The summed E-state index contributed by atoms with van der Waals surface area (Å²) in [5.41, 5.74) is 4.74. The summed E-state index contributed by atoms with van der Waals surface area (Å²) >= 11 is 0. The number of hydrogen-bond donors (Lipinski definition) is 2. The van der Waals surface area contributed by atoms with Crippen LogP contribution in [0.1, 0.15) is 67.0 Å². The lowest BCUT2D eigenvalue weighted by molar-refractivity contribution is 0.152. The Morgan fingerprint density at radius 2 is 1.93 bits per heavy atom. The van der Waals surface area contributed by atoms with E-state index in [-0.39, 0.29) is 23.7 Å². The zero-order valence-corrected chi connectivity index (χ0v) is 25.8. The van der Waals surface area contributed by atoms with Crippen LogP contribution in [0, 0.1) is 0 Å². The standard InChI is InChI=1S/C30H38F2N8O3S/c1-4-44(42,43)36-21-7-9-22(10-8-21)40-26-11-13-38(30(41)33-2)18-25(26)29(35-40)39-12-5-6-19-14-23(20-16-34-37(3)17-20)24(28(31)32)15-27(19)39/h4,14-17,21-22,28,36H,1,5-13,18H2,2-3H3,(H,33,41). The molecule has 2 N–H and O–H groups in total. The van der Waals surface area contributed by atoms with Gasteiger partial charge in [0.1, 0.15) is 0 Å². The SMILES string of the molecule is C=CS(=O)(=O)NC1CCC(n2nc(N3CCCc4cc(-c5cnn(C)c5)c(C(F)F)cc43)c3c2CCN(C(=O)NC)C3)CC1. The van der Waals surface area contributed by atoms with E-state index in [1.165, 1.54) is 0 Å². The second-order valence-corrected chi connectivity index (χ2v) is 13.4. The quantitative estimate of drug-likeness (QED) is 0.397. The number of aromatic nitrogens is 4. The average Bonchev–Trinajstić information content (AvgIpc) is 3.63. The first-order valence-electron chi connectivity index (χ1n) is 15.0. The van der Waals surface area contributed by atoms with Crippen LogP contribution in [-0.2, 0) is 36.5 Å². The van der Waals surface area contributed by atoms with Crippen molar-refractivity contribution in [3.8, 4) is 11.1 Å². The highest BCUT2D eigenvalue weighted by Crippen LogP contribution is 2.44. The normalized spacial score (nSPS) is 20.4. The fourth-order valence-corrected chi connectivity index (χ4v) is 7.65. The minimum atomic E-state index is -3.52. The van der Waals surface area contributed by atoms with Crippen LogP contribution in [0.15, 0.2) is 36.5 Å². The molecule has 11 nitrogen and oxygen atoms in total. The molecular formula is C30H38F2N8O3S. The van der Waals surface area contributed by atoms with E-state index < -0.39 is 16.4 Å². The number of fused-ring (bicyclic) bond motifs is 2. The molecule has 44 heavy (non-hydrogen) atoms. The monoisotopic (exact) mass is 628 g/mol. The molecule has 0 spiro atoms. The van der Waals surface area contributed by atoms with Gasteiger partial charge in [-0.25, -0.2) is 26.7 Å². The van der Waals surface area contributed by atoms with Crippen molar-refractivity contribution in [1.29, 1.82) is 0 Å². The molecular weight excluding hydrogens is 590 g/mol. The van der Waals surface area contributed by atoms with Gasteiger partial charge in [-0.3, -0.25) is 9.36 Å². The summed E-state index contributed by atoms with van der Waals surface area (Å²) in [6.07, 6.45) is 5.65. The van der Waals surface area contributed by atoms with E-state index in [4.69, 9.17) is 5.10 Å². The number of nitrogens with zero attached hydrogens (tertiary/aromatic N) is 6. The number of aryl methyl sites for hydroxylation is 2. The predicted molar refractivity (Wildman–Crippen MR) is 163 cm³/mol. The molecule has 1 aromatic carbocycles. The fourth-order valence-electron chi connectivity index (χ4n) is 6.86. The highest BCUT2D eigenvalue weighted by Gasteiger charge is 2.35. The van der Waals surface area contributed by atoms with Gasteiger partial charge in [0.15, 0.2) is 5.82 Å². The second kappa shape index (κ2) is 12.0. The summed E-state index contributed by atoms with van der Waals surface area (Å²) in [7, 11) is -0.149. The van der Waals surface area contributed by atoms with Gasteiger partial charge in [-0.2, -0.15) is 10.2 Å². The second-order valence-electron chi connectivity index (χ2n) is 11.8. The Morgan fingerprint density at radius 1 is 1.16 bits per heavy atom. The third kappa shape index (κ3) is 5.72. The maximum Gasteiger partial charge on any atom is 0.317 e. The number of alkyl halides is 2. The van der Waals surface area contributed by atoms with E-state index in [1.54, 1.807) is 42.1 Å². The molecule has 1 fully saturated rings. The van der Waals surface area contributed by atoms with Crippen molar-refractivity contribution in [3.63, 3.8) is 0 Å². The molecule has 3 aromatic rings. The van der Waals surface area contributed by atoms with Crippen LogP contribution in [0.4, 0.5) is 25.1 Å². The number of benzene rings is 1. The van der Waals surface area contributed by atoms with Gasteiger partial charge in [-0.1, -0.05) is 6.58 Å². The summed E-state index contributed by atoms with van der Waals surface area (Å²) in [6.45, 7) is 4.89. The number of carbonyl (C=O) groups excluding carboxylic acids is 1. The molecule has 1 saturated carbocycles. The van der Waals surface area contributed by atoms with Gasteiger partial charge in [0.2, 0.25) is 10.0 Å². The van der Waals surface area contributed by atoms with Crippen molar-refractivity contribution in [2.45, 2.75) is 70.0 Å². The highest BCUT2D eigenvalue weighted by atomic mass is 32.2. The van der Waals surface area contributed by atoms with Crippen LogP contribution in [0.25, 0.3) is 11.1 Å². The van der Waals surface area contributed by atoms with Crippen LogP contribution in [0.2, 0.25) is 0 Å². The Kier molecular flexibility index (Phi) is 8.22. The first-order chi connectivity index (χ1) is 21.1. The maximum atomic E-state index is 14.5. The Balaban J connectivity index is 1.38. The Labute approximate surface area is 255 Å². The van der Waals surface area contributed by atoms with Gasteiger partial charge in [0, 0.05) is 79.3 Å². The molecule has 0 saturated heterocycles. The predicted octanol–water partition coefficient (Wildman–Crippen LogP) is 4.55. The first-order valence-corrected chi connectivity index (χ1v) is 16.6. The molecule has 4 heterocycles. The number of hydrogen-bond acceptors (Lipinski definition) is 6. The maximum absolute atomic E-state index is 14.5. The van der Waals surface area contributed by atoms with Crippen LogP contribution in [-0.4, -0.2) is 65.1 Å². The molecule has 2 amide bonds. The molecule has 0 atom stereocenters. The van der Waals surface area contributed by atoms with Crippen LogP contribution in [0.5, 0.6) is 0 Å². The minimum Gasteiger partial charge on any atom is -0.341 e. The van der Waals surface area contributed by atoms with E-state index in [0.29, 0.717) is 61.5 Å². The van der Waals surface area contributed by atoms with Crippen LogP contribution in [0.3, 0.4) is 0 Å². The third-order valence-electron chi connectivity index (χ3n) is 9.03. The van der Waals surface area contributed by atoms with Crippen molar-refractivity contribution < 1.29 is 22.0 Å². The molecule has 3 aliphatic rings. The van der Waals surface area contributed by atoms with Gasteiger partial charge in [-0.05, 0) is 61.8 Å². The molecule has 6 rings (SSSR count). The van der Waals surface area contributed by atoms with Crippen molar-refractivity contribution in [3.05, 3.63) is 58.9 Å². The minimum absolute atomic E-state index is 0.0516. The zero-order chi connectivity index (χ0) is 31.2. The largest absolute Gasteiger partial charge is 0.341 e. The van der Waals surface area contributed by atoms with E-state index in [1.807, 2.05) is 11.0 Å². The van der Waals surface area contributed by atoms with Crippen molar-refractivity contribution in [2.75, 3.05) is 25.0 Å². The molecule has 0 radical (unpaired) electrons. The summed E-state index contributed by atoms with van der Waals surface area (Å²) < 4.78 is 59.5. The summed E-state index contributed by atoms with van der Waals surface area (Å²) in [6, 6.07) is 3.18. The van der Waals surface area contributed by atoms with Crippen LogP contribution < -0.4 is 14.9 Å². The molecule has 1 aliphatic carbocycles. The number of rotatable bonds is 7. The van der Waals surface area contributed by atoms with Crippen molar-refractivity contribution in [2.24, 2.45) is 7.05 Å². The first kappa shape index (κ1) is 30.3. The van der Waals surface area contributed by atoms with E-state index in [2.05, 4.69) is 26.4 Å².